The molecule has 2 rings (SSSR count). The Kier molecular flexibility index (Phi) is 3.83. The fourth-order valence-corrected chi connectivity index (χ4v) is 2.37. The van der Waals surface area contributed by atoms with Crippen molar-refractivity contribution >= 4 is 29.1 Å². The van der Waals surface area contributed by atoms with Crippen LogP contribution in [0.15, 0.2) is 12.1 Å². The van der Waals surface area contributed by atoms with E-state index in [4.69, 9.17) is 23.2 Å². The average Bonchev–Trinajstić information content (AvgIpc) is 2.31. The molecule has 3 nitrogen and oxygen atoms in total. The summed E-state index contributed by atoms with van der Waals surface area (Å²) in [5, 5.41) is 0.648. The maximum Gasteiger partial charge on any atom is 0.274 e. The second-order valence-corrected chi connectivity index (χ2v) is 6.22. The van der Waals surface area contributed by atoms with Gasteiger partial charge in [-0.15, -0.1) is 0 Å². The minimum atomic E-state index is -0.127. The van der Waals surface area contributed by atoms with Gasteiger partial charge in [-0.25, -0.2) is 4.98 Å². The number of pyridine rings is 1. The SMILES string of the molecule is CC1(C)CCN(C(=O)c2nc(Cl)ccc2Cl)CC1. The van der Waals surface area contributed by atoms with Crippen molar-refractivity contribution in [1.29, 1.82) is 0 Å². The van der Waals surface area contributed by atoms with Crippen molar-refractivity contribution in [2.45, 2.75) is 26.7 Å². The fourth-order valence-electron chi connectivity index (χ4n) is 2.03. The molecule has 98 valence electrons. The van der Waals surface area contributed by atoms with E-state index in [2.05, 4.69) is 18.8 Å². The maximum atomic E-state index is 12.3. The molecule has 5 heteroatoms. The summed E-state index contributed by atoms with van der Waals surface area (Å²) >= 11 is 11.8. The number of nitrogens with zero attached hydrogens (tertiary/aromatic N) is 2. The molecule has 18 heavy (non-hydrogen) atoms. The van der Waals surface area contributed by atoms with Crippen molar-refractivity contribution in [3.63, 3.8) is 0 Å². The monoisotopic (exact) mass is 286 g/mol. The standard InChI is InChI=1S/C13H16Cl2N2O/c1-13(2)5-7-17(8-6-13)12(18)11-9(14)3-4-10(15)16-11/h3-4H,5-8H2,1-2H3. The van der Waals surface area contributed by atoms with Gasteiger partial charge in [0, 0.05) is 13.1 Å². The van der Waals surface area contributed by atoms with Crippen molar-refractivity contribution in [1.82, 2.24) is 9.88 Å². The van der Waals surface area contributed by atoms with Crippen LogP contribution in [0.2, 0.25) is 10.2 Å². The number of aromatic nitrogens is 1. The molecule has 1 saturated heterocycles. The van der Waals surface area contributed by atoms with E-state index in [0.29, 0.717) is 15.6 Å². The van der Waals surface area contributed by atoms with Gasteiger partial charge in [0.2, 0.25) is 0 Å². The third kappa shape index (κ3) is 2.96. The lowest BCUT2D eigenvalue weighted by Crippen LogP contribution is -2.41. The van der Waals surface area contributed by atoms with Gasteiger partial charge in [-0.05, 0) is 30.4 Å². The zero-order valence-electron chi connectivity index (χ0n) is 10.5. The zero-order chi connectivity index (χ0) is 13.3. The van der Waals surface area contributed by atoms with Gasteiger partial charge in [0.05, 0.1) is 5.02 Å². The van der Waals surface area contributed by atoms with Crippen molar-refractivity contribution in [3.8, 4) is 0 Å². The van der Waals surface area contributed by atoms with Crippen LogP contribution in [0.1, 0.15) is 37.2 Å². The highest BCUT2D eigenvalue weighted by Crippen LogP contribution is 2.30. The summed E-state index contributed by atoms with van der Waals surface area (Å²) in [6, 6.07) is 3.19. The Hall–Kier alpha value is -0.800. The lowest BCUT2D eigenvalue weighted by Gasteiger charge is -2.36. The summed E-state index contributed by atoms with van der Waals surface area (Å²) in [6.45, 7) is 5.94. The van der Waals surface area contributed by atoms with E-state index in [-0.39, 0.29) is 11.6 Å². The molecule has 0 aromatic carbocycles. The van der Waals surface area contributed by atoms with E-state index in [0.717, 1.165) is 25.9 Å². The molecule has 0 N–H and O–H groups in total. The number of hydrogen-bond donors (Lipinski definition) is 0. The second kappa shape index (κ2) is 5.06. The Bertz CT molecular complexity index is 464. The predicted molar refractivity (Wildman–Crippen MR) is 73.2 cm³/mol. The predicted octanol–water partition coefficient (Wildman–Crippen LogP) is 3.65. The molecule has 0 saturated carbocycles. The molecule has 2 heterocycles. The lowest BCUT2D eigenvalue weighted by atomic mass is 9.82. The average molecular weight is 287 g/mol. The Morgan fingerprint density at radius 1 is 1.28 bits per heavy atom. The van der Waals surface area contributed by atoms with E-state index < -0.39 is 0 Å². The number of halogens is 2. The number of carbonyl (C=O) groups excluding carboxylic acids is 1. The normalized spacial score (nSPS) is 18.8. The van der Waals surface area contributed by atoms with Gasteiger partial charge < -0.3 is 4.90 Å². The quantitative estimate of drug-likeness (QED) is 0.739. The number of piperidine rings is 1. The van der Waals surface area contributed by atoms with Crippen LogP contribution in [0, 0.1) is 5.41 Å². The van der Waals surface area contributed by atoms with Crippen LogP contribution in [0.4, 0.5) is 0 Å². The van der Waals surface area contributed by atoms with Gasteiger partial charge in [-0.2, -0.15) is 0 Å². The van der Waals surface area contributed by atoms with Crippen LogP contribution in [0.25, 0.3) is 0 Å². The van der Waals surface area contributed by atoms with Gasteiger partial charge in [0.1, 0.15) is 10.8 Å². The number of hydrogen-bond acceptors (Lipinski definition) is 2. The van der Waals surface area contributed by atoms with Crippen LogP contribution in [0.3, 0.4) is 0 Å². The molecular weight excluding hydrogens is 271 g/mol. The fraction of sp³-hybridized carbons (Fsp3) is 0.538. The minimum Gasteiger partial charge on any atom is -0.337 e. The van der Waals surface area contributed by atoms with E-state index >= 15 is 0 Å². The van der Waals surface area contributed by atoms with Crippen LogP contribution in [-0.2, 0) is 0 Å². The molecule has 1 aliphatic rings. The molecule has 0 unspecified atom stereocenters. The van der Waals surface area contributed by atoms with Gasteiger partial charge in [0.25, 0.3) is 5.91 Å². The van der Waals surface area contributed by atoms with Gasteiger partial charge >= 0.3 is 0 Å². The molecule has 0 spiro atoms. The molecule has 1 amide bonds. The second-order valence-electron chi connectivity index (χ2n) is 5.42. The molecule has 0 aliphatic carbocycles. The Morgan fingerprint density at radius 3 is 2.50 bits per heavy atom. The first kappa shape index (κ1) is 13.6. The molecule has 1 fully saturated rings. The first-order chi connectivity index (χ1) is 8.39. The number of carbonyl (C=O) groups is 1. The van der Waals surface area contributed by atoms with Gasteiger partial charge in [0.15, 0.2) is 0 Å². The number of rotatable bonds is 1. The highest BCUT2D eigenvalue weighted by Gasteiger charge is 2.29. The van der Waals surface area contributed by atoms with Crippen LogP contribution < -0.4 is 0 Å². The van der Waals surface area contributed by atoms with E-state index in [1.807, 2.05) is 0 Å². The smallest absolute Gasteiger partial charge is 0.274 e. The largest absolute Gasteiger partial charge is 0.337 e. The Balaban J connectivity index is 2.15. The van der Waals surface area contributed by atoms with Crippen molar-refractivity contribution in [3.05, 3.63) is 28.0 Å². The van der Waals surface area contributed by atoms with Crippen molar-refractivity contribution < 1.29 is 4.79 Å². The molecule has 1 aliphatic heterocycles. The third-order valence-electron chi connectivity index (χ3n) is 3.42. The van der Waals surface area contributed by atoms with Crippen LogP contribution in [-0.4, -0.2) is 28.9 Å². The zero-order valence-corrected chi connectivity index (χ0v) is 12.1. The number of likely N-dealkylation sites (tertiary alicyclic amines) is 1. The van der Waals surface area contributed by atoms with Crippen LogP contribution in [0.5, 0.6) is 0 Å². The summed E-state index contributed by atoms with van der Waals surface area (Å²) in [6.07, 6.45) is 1.99. The topological polar surface area (TPSA) is 33.2 Å². The molecule has 0 radical (unpaired) electrons. The molecule has 1 aromatic rings. The minimum absolute atomic E-state index is 0.127. The summed E-state index contributed by atoms with van der Waals surface area (Å²) in [5.74, 6) is -0.127. The van der Waals surface area contributed by atoms with Gasteiger partial charge in [-0.3, -0.25) is 4.79 Å². The molecule has 0 atom stereocenters. The Morgan fingerprint density at radius 2 is 1.89 bits per heavy atom. The Labute approximate surface area is 117 Å². The number of amides is 1. The molecular formula is C13H16Cl2N2O. The van der Waals surface area contributed by atoms with E-state index in [1.165, 1.54) is 0 Å². The molecule has 1 aromatic heterocycles. The lowest BCUT2D eigenvalue weighted by molar-refractivity contribution is 0.0624. The van der Waals surface area contributed by atoms with Crippen molar-refractivity contribution in [2.24, 2.45) is 5.41 Å². The maximum absolute atomic E-state index is 12.3. The summed E-state index contributed by atoms with van der Waals surface area (Å²) in [5.41, 5.74) is 0.561. The summed E-state index contributed by atoms with van der Waals surface area (Å²) < 4.78 is 0. The van der Waals surface area contributed by atoms with Gasteiger partial charge in [-0.1, -0.05) is 37.0 Å². The van der Waals surface area contributed by atoms with E-state index in [9.17, 15) is 4.79 Å². The van der Waals surface area contributed by atoms with E-state index in [1.54, 1.807) is 17.0 Å². The first-order valence-corrected chi connectivity index (χ1v) is 6.76. The first-order valence-electron chi connectivity index (χ1n) is 6.00. The highest BCUT2D eigenvalue weighted by atomic mass is 35.5. The van der Waals surface area contributed by atoms with Crippen molar-refractivity contribution in [2.75, 3.05) is 13.1 Å². The summed E-state index contributed by atoms with van der Waals surface area (Å²) in [7, 11) is 0. The highest BCUT2D eigenvalue weighted by molar-refractivity contribution is 6.34. The third-order valence-corrected chi connectivity index (χ3v) is 3.93. The summed E-state index contributed by atoms with van der Waals surface area (Å²) in [4.78, 5) is 18.1. The molecule has 0 bridgehead atoms. The van der Waals surface area contributed by atoms with Crippen LogP contribution >= 0.6 is 23.2 Å².